The maximum absolute atomic E-state index is 12.3. The molecule has 1 aliphatic carbocycles. The minimum atomic E-state index is -1.12. The first-order valence-electron chi connectivity index (χ1n) is 7.36. The highest BCUT2D eigenvalue weighted by molar-refractivity contribution is 5.95. The quantitative estimate of drug-likeness (QED) is 0.893. The van der Waals surface area contributed by atoms with Crippen LogP contribution in [0.15, 0.2) is 24.3 Å². The Morgan fingerprint density at radius 1 is 1.19 bits per heavy atom. The third-order valence-electron chi connectivity index (χ3n) is 3.84. The molecule has 0 spiro atoms. The third kappa shape index (κ3) is 3.97. The van der Waals surface area contributed by atoms with Crippen molar-refractivity contribution in [3.05, 3.63) is 24.3 Å². The van der Waals surface area contributed by atoms with Crippen LogP contribution in [0.25, 0.3) is 0 Å². The lowest BCUT2D eigenvalue weighted by molar-refractivity contribution is -0.313. The summed E-state index contributed by atoms with van der Waals surface area (Å²) in [6.45, 7) is 2.49. The van der Waals surface area contributed by atoms with Gasteiger partial charge in [0.2, 0.25) is 5.91 Å². The van der Waals surface area contributed by atoms with Crippen LogP contribution in [0.5, 0.6) is 5.75 Å². The molecule has 5 heteroatoms. The van der Waals surface area contributed by atoms with Crippen LogP contribution in [-0.2, 0) is 9.59 Å². The Morgan fingerprint density at radius 2 is 1.81 bits per heavy atom. The summed E-state index contributed by atoms with van der Waals surface area (Å²) in [4.78, 5) is 23.4. The summed E-state index contributed by atoms with van der Waals surface area (Å²) in [5.74, 6) is -1.81. The molecule has 1 fully saturated rings. The van der Waals surface area contributed by atoms with Crippen molar-refractivity contribution in [3.8, 4) is 5.75 Å². The first-order chi connectivity index (χ1) is 10.1. The van der Waals surface area contributed by atoms with Crippen molar-refractivity contribution in [3.63, 3.8) is 0 Å². The van der Waals surface area contributed by atoms with Crippen LogP contribution in [-0.4, -0.2) is 18.5 Å². The average Bonchev–Trinajstić information content (AvgIpc) is 2.49. The number of ether oxygens (including phenoxy) is 1. The first kappa shape index (κ1) is 15.4. The Labute approximate surface area is 124 Å². The lowest BCUT2D eigenvalue weighted by atomic mass is 9.78. The predicted octanol–water partition coefficient (Wildman–Crippen LogP) is 1.58. The number of aliphatic carboxylic acids is 1. The van der Waals surface area contributed by atoms with E-state index in [1.165, 1.54) is 0 Å². The van der Waals surface area contributed by atoms with E-state index in [-0.39, 0.29) is 5.91 Å². The number of carboxylic acid groups (broad SMARTS) is 1. The Bertz CT molecular complexity index is 498. The van der Waals surface area contributed by atoms with Gasteiger partial charge in [0.15, 0.2) is 0 Å². The fourth-order valence-electron chi connectivity index (χ4n) is 2.76. The van der Waals surface area contributed by atoms with Gasteiger partial charge >= 0.3 is 0 Å². The molecule has 1 aliphatic rings. The van der Waals surface area contributed by atoms with E-state index in [2.05, 4.69) is 5.32 Å². The summed E-state index contributed by atoms with van der Waals surface area (Å²) in [6, 6.07) is 7.05. The van der Waals surface area contributed by atoms with Gasteiger partial charge in [-0.05, 0) is 44.0 Å². The number of rotatable bonds is 5. The summed E-state index contributed by atoms with van der Waals surface area (Å²) in [5.41, 5.74) is 0.645. The molecule has 1 aromatic carbocycles. The second kappa shape index (κ2) is 7.11. The lowest BCUT2D eigenvalue weighted by Crippen LogP contribution is -2.42. The third-order valence-corrected chi connectivity index (χ3v) is 3.84. The molecule has 1 amide bonds. The molecule has 0 heterocycles. The lowest BCUT2D eigenvalue weighted by Gasteiger charge is -2.31. The Hall–Kier alpha value is -2.04. The molecule has 0 bridgehead atoms. The molecule has 0 saturated heterocycles. The van der Waals surface area contributed by atoms with Gasteiger partial charge in [0.05, 0.1) is 6.61 Å². The van der Waals surface area contributed by atoms with Crippen LogP contribution < -0.4 is 15.2 Å². The number of nitrogens with one attached hydrogen (secondary N) is 1. The van der Waals surface area contributed by atoms with Crippen molar-refractivity contribution in [2.24, 2.45) is 11.8 Å². The van der Waals surface area contributed by atoms with Crippen LogP contribution in [0.4, 0.5) is 5.69 Å². The van der Waals surface area contributed by atoms with E-state index in [9.17, 15) is 14.7 Å². The molecule has 5 nitrogen and oxygen atoms in total. The topological polar surface area (TPSA) is 78.5 Å². The maximum atomic E-state index is 12.3. The van der Waals surface area contributed by atoms with Crippen molar-refractivity contribution >= 4 is 17.6 Å². The SMILES string of the molecule is CCOc1ccc(NC(=O)[C@H]2CCCC[C@@H]2C(=O)[O-])cc1. The number of benzene rings is 1. The molecular weight excluding hydrogens is 270 g/mol. The predicted molar refractivity (Wildman–Crippen MR) is 76.7 cm³/mol. The maximum Gasteiger partial charge on any atom is 0.228 e. The van der Waals surface area contributed by atoms with Gasteiger partial charge in [0.1, 0.15) is 5.75 Å². The van der Waals surface area contributed by atoms with Gasteiger partial charge in [-0.25, -0.2) is 0 Å². The Morgan fingerprint density at radius 3 is 2.38 bits per heavy atom. The fraction of sp³-hybridized carbons (Fsp3) is 0.500. The Balaban J connectivity index is 2.00. The number of carbonyl (C=O) groups excluding carboxylic acids is 2. The van der Waals surface area contributed by atoms with Gasteiger partial charge in [-0.2, -0.15) is 0 Å². The van der Waals surface area contributed by atoms with Crippen molar-refractivity contribution in [2.45, 2.75) is 32.6 Å². The largest absolute Gasteiger partial charge is 0.550 e. The number of carbonyl (C=O) groups is 2. The molecule has 0 aliphatic heterocycles. The van der Waals surface area contributed by atoms with E-state index in [0.29, 0.717) is 25.1 Å². The van der Waals surface area contributed by atoms with Crippen molar-refractivity contribution in [1.29, 1.82) is 0 Å². The van der Waals surface area contributed by atoms with Gasteiger partial charge in [-0.15, -0.1) is 0 Å². The van der Waals surface area contributed by atoms with E-state index in [1.807, 2.05) is 6.92 Å². The first-order valence-corrected chi connectivity index (χ1v) is 7.36. The van der Waals surface area contributed by atoms with Gasteiger partial charge in [-0.1, -0.05) is 12.8 Å². The van der Waals surface area contributed by atoms with Crippen LogP contribution in [0, 0.1) is 11.8 Å². The summed E-state index contributed by atoms with van der Waals surface area (Å²) >= 11 is 0. The molecule has 2 atom stereocenters. The molecule has 114 valence electrons. The average molecular weight is 290 g/mol. The van der Waals surface area contributed by atoms with E-state index in [4.69, 9.17) is 4.74 Å². The highest BCUT2D eigenvalue weighted by atomic mass is 16.5. The van der Waals surface area contributed by atoms with Crippen molar-refractivity contribution in [1.82, 2.24) is 0 Å². The summed E-state index contributed by atoms with van der Waals surface area (Å²) in [6.07, 6.45) is 2.84. The molecule has 21 heavy (non-hydrogen) atoms. The normalized spacial score (nSPS) is 21.6. The zero-order valence-electron chi connectivity index (χ0n) is 12.1. The highest BCUT2D eigenvalue weighted by Gasteiger charge is 2.31. The fourth-order valence-corrected chi connectivity index (χ4v) is 2.76. The number of carboxylic acids is 1. The monoisotopic (exact) mass is 290 g/mol. The number of hydrogen-bond donors (Lipinski definition) is 1. The summed E-state index contributed by atoms with van der Waals surface area (Å²) in [5, 5.41) is 13.9. The smallest absolute Gasteiger partial charge is 0.228 e. The standard InChI is InChI=1S/C16H21NO4/c1-2-21-12-9-7-11(8-10-12)17-15(18)13-5-3-4-6-14(13)16(19)20/h7-10,13-14H,2-6H2,1H3,(H,17,18)(H,19,20)/p-1/t13-,14-/m0/s1. The number of amides is 1. The van der Waals surface area contributed by atoms with Gasteiger partial charge < -0.3 is 20.0 Å². The van der Waals surface area contributed by atoms with Gasteiger partial charge in [0, 0.05) is 23.5 Å². The zero-order valence-corrected chi connectivity index (χ0v) is 12.1. The zero-order chi connectivity index (χ0) is 15.2. The molecule has 0 unspecified atom stereocenters. The molecule has 1 N–H and O–H groups in total. The van der Waals surface area contributed by atoms with E-state index < -0.39 is 17.8 Å². The number of hydrogen-bond acceptors (Lipinski definition) is 4. The van der Waals surface area contributed by atoms with E-state index in [1.54, 1.807) is 24.3 Å². The second-order valence-corrected chi connectivity index (χ2v) is 5.26. The van der Waals surface area contributed by atoms with Gasteiger partial charge in [-0.3, -0.25) is 4.79 Å². The molecule has 2 rings (SSSR count). The molecule has 0 radical (unpaired) electrons. The van der Waals surface area contributed by atoms with Crippen molar-refractivity contribution < 1.29 is 19.4 Å². The van der Waals surface area contributed by atoms with Crippen LogP contribution in [0.1, 0.15) is 32.6 Å². The van der Waals surface area contributed by atoms with E-state index >= 15 is 0 Å². The molecular formula is C16H20NO4-. The minimum absolute atomic E-state index is 0.243. The molecule has 1 saturated carbocycles. The highest BCUT2D eigenvalue weighted by Crippen LogP contribution is 2.30. The van der Waals surface area contributed by atoms with Gasteiger partial charge in [0.25, 0.3) is 0 Å². The second-order valence-electron chi connectivity index (χ2n) is 5.26. The van der Waals surface area contributed by atoms with E-state index in [0.717, 1.165) is 18.6 Å². The van der Waals surface area contributed by atoms with Crippen LogP contribution in [0.3, 0.4) is 0 Å². The summed E-state index contributed by atoms with van der Waals surface area (Å²) < 4.78 is 5.33. The minimum Gasteiger partial charge on any atom is -0.550 e. The van der Waals surface area contributed by atoms with Crippen LogP contribution >= 0.6 is 0 Å². The molecule has 1 aromatic rings. The summed E-state index contributed by atoms with van der Waals surface area (Å²) in [7, 11) is 0. The number of anilines is 1. The Kier molecular flexibility index (Phi) is 5.20. The molecule has 0 aromatic heterocycles. The van der Waals surface area contributed by atoms with Crippen molar-refractivity contribution in [2.75, 3.05) is 11.9 Å². The van der Waals surface area contributed by atoms with Crippen LogP contribution in [0.2, 0.25) is 0 Å².